The zero-order valence-electron chi connectivity index (χ0n) is 10.0. The Bertz CT molecular complexity index is 741. The highest BCUT2D eigenvalue weighted by Crippen LogP contribution is 2.19. The topological polar surface area (TPSA) is 86.3 Å². The fourth-order valence-electron chi connectivity index (χ4n) is 1.52. The SMILES string of the molecule is O=C([O-])c1cccc(S(=O)(=O)Nc2ccc(Cl)cc2)c1. The summed E-state index contributed by atoms with van der Waals surface area (Å²) in [7, 11) is -3.87. The van der Waals surface area contributed by atoms with Gasteiger partial charge in [-0.05, 0) is 42.0 Å². The van der Waals surface area contributed by atoms with Gasteiger partial charge in [-0.3, -0.25) is 4.72 Å². The molecule has 0 aromatic heterocycles. The van der Waals surface area contributed by atoms with Crippen molar-refractivity contribution in [1.29, 1.82) is 0 Å². The fraction of sp³-hybridized carbons (Fsp3) is 0. The summed E-state index contributed by atoms with van der Waals surface area (Å²) in [4.78, 5) is 10.6. The first-order chi connectivity index (χ1) is 9.38. The Labute approximate surface area is 120 Å². The molecule has 0 radical (unpaired) electrons. The first-order valence-electron chi connectivity index (χ1n) is 5.48. The highest BCUT2D eigenvalue weighted by atomic mass is 35.5. The third kappa shape index (κ3) is 3.28. The lowest BCUT2D eigenvalue weighted by Gasteiger charge is -2.10. The van der Waals surface area contributed by atoms with Crippen molar-refractivity contribution in [2.24, 2.45) is 0 Å². The number of aromatic carboxylic acids is 1. The first-order valence-corrected chi connectivity index (χ1v) is 7.34. The Hall–Kier alpha value is -2.05. The molecule has 5 nitrogen and oxygen atoms in total. The van der Waals surface area contributed by atoms with Crippen LogP contribution >= 0.6 is 11.6 Å². The number of hydrogen-bond acceptors (Lipinski definition) is 4. The maximum atomic E-state index is 12.1. The Morgan fingerprint density at radius 3 is 2.35 bits per heavy atom. The molecule has 0 spiro atoms. The van der Waals surface area contributed by atoms with Crippen LogP contribution in [-0.2, 0) is 10.0 Å². The third-order valence-electron chi connectivity index (χ3n) is 2.48. The summed E-state index contributed by atoms with van der Waals surface area (Å²) in [6, 6.07) is 11.0. The summed E-state index contributed by atoms with van der Waals surface area (Å²) in [5.74, 6) is -1.44. The second-order valence-electron chi connectivity index (χ2n) is 3.93. The predicted octanol–water partition coefficient (Wildman–Crippen LogP) is 1.50. The Morgan fingerprint density at radius 1 is 1.10 bits per heavy atom. The number of benzene rings is 2. The first kappa shape index (κ1) is 14.4. The number of rotatable bonds is 4. The quantitative estimate of drug-likeness (QED) is 0.927. The Morgan fingerprint density at radius 2 is 1.75 bits per heavy atom. The number of anilines is 1. The molecule has 0 heterocycles. The van der Waals surface area contributed by atoms with E-state index in [1.165, 1.54) is 42.5 Å². The molecule has 0 fully saturated rings. The maximum Gasteiger partial charge on any atom is 0.261 e. The summed E-state index contributed by atoms with van der Waals surface area (Å²) in [6.07, 6.45) is 0. The van der Waals surface area contributed by atoms with Gasteiger partial charge >= 0.3 is 0 Å². The fourth-order valence-corrected chi connectivity index (χ4v) is 2.75. The lowest BCUT2D eigenvalue weighted by Crippen LogP contribution is -2.23. The zero-order valence-corrected chi connectivity index (χ0v) is 11.6. The standard InChI is InChI=1S/C13H10ClNO4S/c14-10-4-6-11(7-5-10)15-20(18,19)12-3-1-2-9(8-12)13(16)17/h1-8,15H,(H,16,17)/p-1. The second-order valence-corrected chi connectivity index (χ2v) is 6.05. The zero-order chi connectivity index (χ0) is 14.8. The van der Waals surface area contributed by atoms with Crippen LogP contribution in [0, 0.1) is 0 Å². The number of carboxylic acids is 1. The van der Waals surface area contributed by atoms with Gasteiger partial charge in [0.25, 0.3) is 10.0 Å². The molecular formula is C13H9ClNO4S-. The Balaban J connectivity index is 2.33. The van der Waals surface area contributed by atoms with Crippen molar-refractivity contribution in [3.05, 3.63) is 59.1 Å². The van der Waals surface area contributed by atoms with E-state index >= 15 is 0 Å². The van der Waals surface area contributed by atoms with Gasteiger partial charge in [0.2, 0.25) is 0 Å². The minimum Gasteiger partial charge on any atom is -0.545 e. The maximum absolute atomic E-state index is 12.1. The lowest BCUT2D eigenvalue weighted by atomic mass is 10.2. The molecule has 0 saturated carbocycles. The van der Waals surface area contributed by atoms with E-state index in [0.29, 0.717) is 10.7 Å². The van der Waals surface area contributed by atoms with Crippen molar-refractivity contribution in [1.82, 2.24) is 0 Å². The van der Waals surface area contributed by atoms with Crippen molar-refractivity contribution >= 4 is 33.3 Å². The molecular weight excluding hydrogens is 302 g/mol. The van der Waals surface area contributed by atoms with Crippen LogP contribution in [0.3, 0.4) is 0 Å². The van der Waals surface area contributed by atoms with Crippen LogP contribution in [0.5, 0.6) is 0 Å². The van der Waals surface area contributed by atoms with Gasteiger partial charge < -0.3 is 9.90 Å². The van der Waals surface area contributed by atoms with E-state index in [1.54, 1.807) is 0 Å². The average molecular weight is 311 g/mol. The number of hydrogen-bond donors (Lipinski definition) is 1. The van der Waals surface area contributed by atoms with Gasteiger partial charge in [-0.15, -0.1) is 0 Å². The molecule has 20 heavy (non-hydrogen) atoms. The van der Waals surface area contributed by atoms with E-state index in [-0.39, 0.29) is 10.5 Å². The van der Waals surface area contributed by atoms with Crippen LogP contribution < -0.4 is 9.83 Å². The second kappa shape index (κ2) is 5.52. The molecule has 0 aliphatic heterocycles. The Kier molecular flexibility index (Phi) is 3.96. The van der Waals surface area contributed by atoms with Crippen molar-refractivity contribution in [2.75, 3.05) is 4.72 Å². The third-order valence-corrected chi connectivity index (χ3v) is 4.11. The summed E-state index contributed by atoms with van der Waals surface area (Å²) in [5.41, 5.74) is 0.122. The molecule has 0 bridgehead atoms. The molecule has 104 valence electrons. The highest BCUT2D eigenvalue weighted by Gasteiger charge is 2.14. The van der Waals surface area contributed by atoms with E-state index < -0.39 is 16.0 Å². The molecule has 0 amide bonds. The largest absolute Gasteiger partial charge is 0.545 e. The highest BCUT2D eigenvalue weighted by molar-refractivity contribution is 7.92. The van der Waals surface area contributed by atoms with Crippen molar-refractivity contribution in [3.63, 3.8) is 0 Å². The van der Waals surface area contributed by atoms with Gasteiger partial charge in [0.15, 0.2) is 0 Å². The molecule has 0 aliphatic rings. The molecule has 2 rings (SSSR count). The van der Waals surface area contributed by atoms with Crippen LogP contribution in [0.25, 0.3) is 0 Å². The van der Waals surface area contributed by atoms with Crippen LogP contribution in [0.1, 0.15) is 10.4 Å². The van der Waals surface area contributed by atoms with Crippen LogP contribution in [0.4, 0.5) is 5.69 Å². The monoisotopic (exact) mass is 310 g/mol. The number of nitrogens with one attached hydrogen (secondary N) is 1. The smallest absolute Gasteiger partial charge is 0.261 e. The normalized spacial score (nSPS) is 11.1. The van der Waals surface area contributed by atoms with E-state index in [1.807, 2.05) is 0 Å². The van der Waals surface area contributed by atoms with E-state index in [9.17, 15) is 18.3 Å². The van der Waals surface area contributed by atoms with Crippen molar-refractivity contribution in [3.8, 4) is 0 Å². The van der Waals surface area contributed by atoms with Gasteiger partial charge in [0, 0.05) is 10.7 Å². The van der Waals surface area contributed by atoms with Crippen LogP contribution in [0.2, 0.25) is 5.02 Å². The van der Waals surface area contributed by atoms with Gasteiger partial charge in [-0.1, -0.05) is 23.7 Å². The minimum absolute atomic E-state index is 0.158. The summed E-state index contributed by atoms with van der Waals surface area (Å²) in [6.45, 7) is 0. The minimum atomic E-state index is -3.87. The number of sulfonamides is 1. The summed E-state index contributed by atoms with van der Waals surface area (Å²) >= 11 is 5.71. The van der Waals surface area contributed by atoms with Gasteiger partial charge in [0.05, 0.1) is 10.9 Å². The van der Waals surface area contributed by atoms with E-state index in [0.717, 1.165) is 6.07 Å². The predicted molar refractivity (Wildman–Crippen MR) is 73.0 cm³/mol. The average Bonchev–Trinajstić information content (AvgIpc) is 2.41. The van der Waals surface area contributed by atoms with Gasteiger partial charge in [-0.2, -0.15) is 0 Å². The number of carbonyl (C=O) groups excluding carboxylic acids is 1. The van der Waals surface area contributed by atoms with Gasteiger partial charge in [0.1, 0.15) is 0 Å². The molecule has 1 N–H and O–H groups in total. The van der Waals surface area contributed by atoms with Crippen LogP contribution in [0.15, 0.2) is 53.4 Å². The molecule has 0 aliphatic carbocycles. The molecule has 0 unspecified atom stereocenters. The number of carbonyl (C=O) groups is 1. The van der Waals surface area contributed by atoms with Crippen LogP contribution in [-0.4, -0.2) is 14.4 Å². The summed E-state index contributed by atoms with van der Waals surface area (Å²) in [5, 5.41) is 11.2. The van der Waals surface area contributed by atoms with Crippen molar-refractivity contribution < 1.29 is 18.3 Å². The van der Waals surface area contributed by atoms with E-state index in [4.69, 9.17) is 11.6 Å². The van der Waals surface area contributed by atoms with Gasteiger partial charge in [-0.25, -0.2) is 8.42 Å². The summed E-state index contributed by atoms with van der Waals surface area (Å²) < 4.78 is 26.5. The molecule has 2 aromatic rings. The number of halogens is 1. The molecule has 0 atom stereocenters. The van der Waals surface area contributed by atoms with E-state index in [2.05, 4.69) is 4.72 Å². The lowest BCUT2D eigenvalue weighted by molar-refractivity contribution is -0.255. The van der Waals surface area contributed by atoms with Crippen molar-refractivity contribution in [2.45, 2.75) is 4.90 Å². The molecule has 2 aromatic carbocycles. The molecule has 7 heteroatoms. The number of carboxylic acid groups (broad SMARTS) is 1. The molecule has 0 saturated heterocycles.